The van der Waals surface area contributed by atoms with Gasteiger partial charge in [-0.2, -0.15) is 0 Å². The van der Waals surface area contributed by atoms with Gasteiger partial charge in [0.2, 0.25) is 0 Å². The van der Waals surface area contributed by atoms with E-state index >= 15 is 0 Å². The molecule has 0 unspecified atom stereocenters. The fraction of sp³-hybridized carbons (Fsp3) is 0.0833. The Kier molecular flexibility index (Phi) is 6.30. The quantitative estimate of drug-likeness (QED) is 0.466. The van der Waals surface area contributed by atoms with Crippen LogP contribution in [-0.2, 0) is 9.59 Å². The fourth-order valence-corrected chi connectivity index (χ4v) is 4.21. The lowest BCUT2D eigenvalue weighted by atomic mass is 10.2. The second kappa shape index (κ2) is 9.29. The summed E-state index contributed by atoms with van der Waals surface area (Å²) in [5.41, 5.74) is 1.28. The van der Waals surface area contributed by atoms with Gasteiger partial charge in [0.1, 0.15) is 16.4 Å². The molecule has 0 aromatic heterocycles. The number of thioether (sulfide) groups is 1. The molecule has 1 heterocycles. The molecule has 1 N–H and O–H groups in total. The predicted octanol–water partition coefficient (Wildman–Crippen LogP) is 5.73. The van der Waals surface area contributed by atoms with Crippen LogP contribution in [0.3, 0.4) is 0 Å². The topological polar surface area (TPSA) is 58.6 Å². The first-order valence-electron chi connectivity index (χ1n) is 9.69. The molecule has 5 nitrogen and oxygen atoms in total. The molecule has 0 atom stereocenters. The van der Waals surface area contributed by atoms with Gasteiger partial charge in [-0.3, -0.25) is 9.59 Å². The number of carbonyl (C=O) groups is 2. The van der Waals surface area contributed by atoms with Crippen molar-refractivity contribution in [1.82, 2.24) is 0 Å². The van der Waals surface area contributed by atoms with Crippen LogP contribution in [0.15, 0.2) is 94.4 Å². The Hall–Kier alpha value is -3.22. The first-order chi connectivity index (χ1) is 15.1. The van der Waals surface area contributed by atoms with Gasteiger partial charge in [0.25, 0.3) is 11.8 Å². The van der Waals surface area contributed by atoms with Crippen molar-refractivity contribution in [3.8, 4) is 5.75 Å². The molecule has 0 saturated heterocycles. The number of nitrogens with one attached hydrogen (secondary N) is 1. The molecule has 31 heavy (non-hydrogen) atoms. The number of hydrogen-bond donors (Lipinski definition) is 1. The molecule has 0 bridgehead atoms. The van der Waals surface area contributed by atoms with Crippen molar-refractivity contribution in [3.05, 3.63) is 94.5 Å². The van der Waals surface area contributed by atoms with Crippen LogP contribution in [0.5, 0.6) is 5.75 Å². The van der Waals surface area contributed by atoms with Crippen molar-refractivity contribution in [3.63, 3.8) is 0 Å². The minimum absolute atomic E-state index is 0.209. The molecule has 0 radical (unpaired) electrons. The summed E-state index contributed by atoms with van der Waals surface area (Å²) in [5, 5.41) is 3.68. The first kappa shape index (κ1) is 21.0. The number of benzene rings is 3. The zero-order valence-corrected chi connectivity index (χ0v) is 18.2. The lowest BCUT2D eigenvalue weighted by Crippen LogP contribution is -2.32. The molecule has 0 fully saturated rings. The van der Waals surface area contributed by atoms with Crippen LogP contribution < -0.4 is 15.0 Å². The molecule has 2 amide bonds. The Balaban J connectivity index is 1.75. The summed E-state index contributed by atoms with van der Waals surface area (Å²) in [6, 6.07) is 23.4. The second-order valence-electron chi connectivity index (χ2n) is 6.60. The van der Waals surface area contributed by atoms with E-state index in [4.69, 9.17) is 16.3 Å². The van der Waals surface area contributed by atoms with E-state index in [1.54, 1.807) is 24.3 Å². The number of rotatable bonds is 7. The van der Waals surface area contributed by atoms with Crippen LogP contribution in [0.1, 0.15) is 6.92 Å². The fourth-order valence-electron chi connectivity index (χ4n) is 3.13. The normalized spacial score (nSPS) is 13.7. The lowest BCUT2D eigenvalue weighted by molar-refractivity contribution is -0.120. The number of anilines is 2. The number of ether oxygens (including phenoxy) is 1. The van der Waals surface area contributed by atoms with Crippen LogP contribution >= 0.6 is 23.4 Å². The smallest absolute Gasteiger partial charge is 0.283 e. The van der Waals surface area contributed by atoms with E-state index in [1.165, 1.54) is 11.8 Å². The van der Waals surface area contributed by atoms with Gasteiger partial charge in [-0.15, -0.1) is 0 Å². The van der Waals surface area contributed by atoms with E-state index < -0.39 is 11.8 Å². The minimum atomic E-state index is -0.433. The molecule has 0 aliphatic carbocycles. The zero-order valence-electron chi connectivity index (χ0n) is 16.7. The van der Waals surface area contributed by atoms with Crippen molar-refractivity contribution in [2.45, 2.75) is 11.8 Å². The van der Waals surface area contributed by atoms with E-state index in [0.29, 0.717) is 33.7 Å². The highest BCUT2D eigenvalue weighted by atomic mass is 35.5. The Bertz CT molecular complexity index is 1150. The van der Waals surface area contributed by atoms with Gasteiger partial charge in [-0.25, -0.2) is 4.90 Å². The number of nitrogens with zero attached hydrogens (tertiary/aromatic N) is 1. The molecule has 0 saturated carbocycles. The summed E-state index contributed by atoms with van der Waals surface area (Å²) in [7, 11) is 0. The zero-order chi connectivity index (χ0) is 21.8. The number of halogens is 1. The molecule has 0 spiro atoms. The van der Waals surface area contributed by atoms with Crippen molar-refractivity contribution in [2.24, 2.45) is 0 Å². The highest BCUT2D eigenvalue weighted by Gasteiger charge is 2.40. The Morgan fingerprint density at radius 1 is 0.903 bits per heavy atom. The largest absolute Gasteiger partial charge is 0.492 e. The van der Waals surface area contributed by atoms with E-state index in [9.17, 15) is 9.59 Å². The molecule has 1 aliphatic heterocycles. The van der Waals surface area contributed by atoms with Crippen LogP contribution in [-0.4, -0.2) is 18.4 Å². The maximum atomic E-state index is 13.4. The summed E-state index contributed by atoms with van der Waals surface area (Å²) < 4.78 is 5.67. The van der Waals surface area contributed by atoms with Crippen LogP contribution in [0, 0.1) is 0 Å². The molecule has 4 rings (SSSR count). The predicted molar refractivity (Wildman–Crippen MR) is 125 cm³/mol. The highest BCUT2D eigenvalue weighted by molar-refractivity contribution is 8.04. The second-order valence-corrected chi connectivity index (χ2v) is 8.12. The standard InChI is InChI=1S/C24H19ClN2O3S/c1-2-30-20-11-7-6-10-19(20)26-21-22(31-18-8-4-3-5-9-18)24(29)27(23(21)28)17-14-12-16(25)13-15-17/h3-15,26H,2H2,1H3. The summed E-state index contributed by atoms with van der Waals surface area (Å²) in [6.07, 6.45) is 0. The van der Waals surface area contributed by atoms with E-state index in [1.807, 2.05) is 61.5 Å². The van der Waals surface area contributed by atoms with E-state index in [2.05, 4.69) is 5.32 Å². The van der Waals surface area contributed by atoms with Gasteiger partial charge >= 0.3 is 0 Å². The summed E-state index contributed by atoms with van der Waals surface area (Å²) >= 11 is 7.23. The van der Waals surface area contributed by atoms with Crippen molar-refractivity contribution >= 4 is 46.6 Å². The summed E-state index contributed by atoms with van der Waals surface area (Å²) in [5.74, 6) is -0.221. The van der Waals surface area contributed by atoms with Crippen molar-refractivity contribution in [1.29, 1.82) is 0 Å². The molecular weight excluding hydrogens is 432 g/mol. The average Bonchev–Trinajstić information content (AvgIpc) is 3.01. The monoisotopic (exact) mass is 450 g/mol. The van der Waals surface area contributed by atoms with E-state index in [0.717, 1.165) is 9.80 Å². The number of amides is 2. The third kappa shape index (κ3) is 4.45. The Labute approximate surface area is 189 Å². The SMILES string of the molecule is CCOc1ccccc1NC1=C(Sc2ccccc2)C(=O)N(c2ccc(Cl)cc2)C1=O. The van der Waals surface area contributed by atoms with Gasteiger partial charge in [0.15, 0.2) is 0 Å². The van der Waals surface area contributed by atoms with Gasteiger partial charge in [0.05, 0.1) is 18.0 Å². The van der Waals surface area contributed by atoms with Gasteiger partial charge < -0.3 is 10.1 Å². The summed E-state index contributed by atoms with van der Waals surface area (Å²) in [4.78, 5) is 29.0. The third-order valence-corrected chi connectivity index (χ3v) is 5.88. The molecule has 3 aromatic rings. The average molecular weight is 451 g/mol. The van der Waals surface area contributed by atoms with Crippen molar-refractivity contribution in [2.75, 3.05) is 16.8 Å². The first-order valence-corrected chi connectivity index (χ1v) is 10.9. The summed E-state index contributed by atoms with van der Waals surface area (Å²) in [6.45, 7) is 2.37. The maximum absolute atomic E-state index is 13.4. The molecule has 156 valence electrons. The molecule has 1 aliphatic rings. The van der Waals surface area contributed by atoms with Gasteiger partial charge in [-0.1, -0.05) is 53.7 Å². The molecule has 3 aromatic carbocycles. The lowest BCUT2D eigenvalue weighted by Gasteiger charge is -2.16. The van der Waals surface area contributed by atoms with Crippen LogP contribution in [0.25, 0.3) is 0 Å². The maximum Gasteiger partial charge on any atom is 0.283 e. The van der Waals surface area contributed by atoms with Gasteiger partial charge in [-0.05, 0) is 55.5 Å². The highest BCUT2D eigenvalue weighted by Crippen LogP contribution is 2.39. The Morgan fingerprint density at radius 2 is 1.58 bits per heavy atom. The number of hydrogen-bond acceptors (Lipinski definition) is 5. The number of carbonyl (C=O) groups excluding carboxylic acids is 2. The minimum Gasteiger partial charge on any atom is -0.492 e. The molecule has 7 heteroatoms. The van der Waals surface area contributed by atoms with Crippen molar-refractivity contribution < 1.29 is 14.3 Å². The third-order valence-electron chi connectivity index (χ3n) is 4.54. The number of para-hydroxylation sites is 2. The number of imide groups is 1. The van der Waals surface area contributed by atoms with Crippen LogP contribution in [0.2, 0.25) is 5.02 Å². The van der Waals surface area contributed by atoms with E-state index in [-0.39, 0.29) is 5.70 Å². The van der Waals surface area contributed by atoms with Crippen LogP contribution in [0.4, 0.5) is 11.4 Å². The van der Waals surface area contributed by atoms with Gasteiger partial charge in [0, 0.05) is 9.92 Å². The Morgan fingerprint density at radius 3 is 2.29 bits per heavy atom. The molecular formula is C24H19ClN2O3S.